The number of methoxy groups -OCH3 is 1. The highest BCUT2D eigenvalue weighted by atomic mass is 16.5. The summed E-state index contributed by atoms with van der Waals surface area (Å²) in [6.45, 7) is 0.710. The van der Waals surface area contributed by atoms with Crippen molar-refractivity contribution in [3.8, 4) is 11.8 Å². The Kier molecular flexibility index (Phi) is 5.36. The molecule has 0 aliphatic heterocycles. The van der Waals surface area contributed by atoms with Crippen molar-refractivity contribution in [2.75, 3.05) is 20.3 Å². The summed E-state index contributed by atoms with van der Waals surface area (Å²) in [5, 5.41) is 21.9. The maximum Gasteiger partial charge on any atom is 0.120 e. The van der Waals surface area contributed by atoms with Gasteiger partial charge in [-0.1, -0.05) is 6.07 Å². The fourth-order valence-electron chi connectivity index (χ4n) is 2.13. The van der Waals surface area contributed by atoms with Crippen LogP contribution < -0.4 is 10.1 Å². The van der Waals surface area contributed by atoms with Crippen molar-refractivity contribution in [3.05, 3.63) is 29.8 Å². The summed E-state index contributed by atoms with van der Waals surface area (Å²) in [4.78, 5) is 0. The maximum absolute atomic E-state index is 9.84. The van der Waals surface area contributed by atoms with E-state index in [0.29, 0.717) is 30.0 Å². The number of benzene rings is 1. The normalized spacial score (nSPS) is 22.6. The fourth-order valence-corrected chi connectivity index (χ4v) is 2.13. The molecule has 5 nitrogen and oxygen atoms in total. The van der Waals surface area contributed by atoms with Crippen LogP contribution in [0, 0.1) is 11.3 Å². The van der Waals surface area contributed by atoms with Gasteiger partial charge in [-0.2, -0.15) is 5.26 Å². The van der Waals surface area contributed by atoms with Gasteiger partial charge in [-0.15, -0.1) is 0 Å². The smallest absolute Gasteiger partial charge is 0.120 e. The van der Waals surface area contributed by atoms with Gasteiger partial charge in [0.1, 0.15) is 18.5 Å². The highest BCUT2D eigenvalue weighted by Crippen LogP contribution is 2.22. The van der Waals surface area contributed by atoms with E-state index >= 15 is 0 Å². The summed E-state index contributed by atoms with van der Waals surface area (Å²) in [5.74, 6) is 0.603. The zero-order valence-corrected chi connectivity index (χ0v) is 11.6. The topological polar surface area (TPSA) is 74.5 Å². The molecular weight excluding hydrogens is 256 g/mol. The van der Waals surface area contributed by atoms with E-state index in [2.05, 4.69) is 11.4 Å². The van der Waals surface area contributed by atoms with Crippen molar-refractivity contribution in [1.82, 2.24) is 5.32 Å². The Labute approximate surface area is 119 Å². The highest BCUT2D eigenvalue weighted by molar-refractivity contribution is 5.36. The second-order valence-corrected chi connectivity index (χ2v) is 5.04. The minimum Gasteiger partial charge on any atom is -0.491 e. The van der Waals surface area contributed by atoms with E-state index < -0.39 is 6.10 Å². The number of rotatable bonds is 7. The zero-order valence-electron chi connectivity index (χ0n) is 11.6. The number of ether oxygens (including phenoxy) is 2. The molecule has 20 heavy (non-hydrogen) atoms. The summed E-state index contributed by atoms with van der Waals surface area (Å²) < 4.78 is 10.7. The quantitative estimate of drug-likeness (QED) is 0.779. The lowest BCUT2D eigenvalue weighted by Gasteiger charge is -2.35. The van der Waals surface area contributed by atoms with Crippen LogP contribution in [0.1, 0.15) is 18.4 Å². The minimum absolute atomic E-state index is 0.211. The van der Waals surface area contributed by atoms with Gasteiger partial charge in [0.05, 0.1) is 17.7 Å². The second kappa shape index (κ2) is 7.25. The standard InChI is InChI=1S/C15H20N2O3/c1-19-15-6-12(7-15)17-9-13(18)10-20-14-4-2-3-11(5-14)8-16/h2-5,12-13,15,17-18H,6-7,9-10H2,1H3. The first-order valence-electron chi connectivity index (χ1n) is 6.78. The SMILES string of the molecule is COC1CC(NCC(O)COc2cccc(C#N)c2)C1. The molecule has 1 atom stereocenters. The molecule has 1 aliphatic rings. The van der Waals surface area contributed by atoms with Crippen molar-refractivity contribution in [1.29, 1.82) is 5.26 Å². The van der Waals surface area contributed by atoms with Crippen LogP contribution in [-0.4, -0.2) is 43.6 Å². The third-order valence-corrected chi connectivity index (χ3v) is 3.48. The number of nitrogens with zero attached hydrogens (tertiary/aromatic N) is 1. The van der Waals surface area contributed by atoms with Gasteiger partial charge < -0.3 is 19.9 Å². The molecular formula is C15H20N2O3. The molecule has 5 heteroatoms. The predicted molar refractivity (Wildman–Crippen MR) is 74.5 cm³/mol. The zero-order chi connectivity index (χ0) is 14.4. The van der Waals surface area contributed by atoms with Gasteiger partial charge in [0.2, 0.25) is 0 Å². The molecule has 1 saturated carbocycles. The van der Waals surface area contributed by atoms with E-state index in [1.807, 2.05) is 0 Å². The largest absolute Gasteiger partial charge is 0.491 e. The average molecular weight is 276 g/mol. The van der Waals surface area contributed by atoms with E-state index in [1.54, 1.807) is 31.4 Å². The molecule has 1 unspecified atom stereocenters. The molecule has 108 valence electrons. The Hall–Kier alpha value is -1.61. The Morgan fingerprint density at radius 1 is 1.50 bits per heavy atom. The molecule has 0 bridgehead atoms. The van der Waals surface area contributed by atoms with E-state index in [9.17, 15) is 5.11 Å². The first-order valence-corrected chi connectivity index (χ1v) is 6.78. The molecule has 0 aromatic heterocycles. The minimum atomic E-state index is -0.567. The third kappa shape index (κ3) is 4.20. The van der Waals surface area contributed by atoms with Crippen molar-refractivity contribution < 1.29 is 14.6 Å². The third-order valence-electron chi connectivity index (χ3n) is 3.48. The number of aliphatic hydroxyl groups excluding tert-OH is 1. The van der Waals surface area contributed by atoms with E-state index in [1.165, 1.54) is 0 Å². The summed E-state index contributed by atoms with van der Waals surface area (Å²) in [7, 11) is 1.72. The molecule has 2 N–H and O–H groups in total. The maximum atomic E-state index is 9.84. The summed E-state index contributed by atoms with van der Waals surface area (Å²) in [6, 6.07) is 9.39. The first kappa shape index (κ1) is 14.8. The lowest BCUT2D eigenvalue weighted by atomic mass is 9.89. The summed E-state index contributed by atoms with van der Waals surface area (Å²) >= 11 is 0. The first-order chi connectivity index (χ1) is 9.71. The number of hydrogen-bond donors (Lipinski definition) is 2. The fraction of sp³-hybridized carbons (Fsp3) is 0.533. The molecule has 0 spiro atoms. The molecule has 1 aromatic rings. The summed E-state index contributed by atoms with van der Waals surface area (Å²) in [6.07, 6.45) is 1.78. The molecule has 0 radical (unpaired) electrons. The van der Waals surface area contributed by atoms with Gasteiger partial charge in [0.25, 0.3) is 0 Å². The Morgan fingerprint density at radius 2 is 2.30 bits per heavy atom. The summed E-state index contributed by atoms with van der Waals surface area (Å²) in [5.41, 5.74) is 0.551. The molecule has 0 amide bonds. The van der Waals surface area contributed by atoms with Crippen LogP contribution in [0.25, 0.3) is 0 Å². The Balaban J connectivity index is 1.65. The van der Waals surface area contributed by atoms with Crippen LogP contribution in [0.15, 0.2) is 24.3 Å². The van der Waals surface area contributed by atoms with Gasteiger partial charge in [-0.05, 0) is 31.0 Å². The number of nitrogens with one attached hydrogen (secondary N) is 1. The monoisotopic (exact) mass is 276 g/mol. The lowest BCUT2D eigenvalue weighted by molar-refractivity contribution is 0.0117. The van der Waals surface area contributed by atoms with Crippen molar-refractivity contribution in [2.45, 2.75) is 31.1 Å². The molecule has 1 fully saturated rings. The second-order valence-electron chi connectivity index (χ2n) is 5.04. The van der Waals surface area contributed by atoms with Gasteiger partial charge in [0.15, 0.2) is 0 Å². The number of nitriles is 1. The number of hydrogen-bond acceptors (Lipinski definition) is 5. The van der Waals surface area contributed by atoms with Gasteiger partial charge in [0, 0.05) is 19.7 Å². The van der Waals surface area contributed by atoms with E-state index in [-0.39, 0.29) is 6.61 Å². The van der Waals surface area contributed by atoms with E-state index in [0.717, 1.165) is 12.8 Å². The molecule has 0 heterocycles. The van der Waals surface area contributed by atoms with Crippen LogP contribution in [0.5, 0.6) is 5.75 Å². The van der Waals surface area contributed by atoms with Crippen LogP contribution in [-0.2, 0) is 4.74 Å². The average Bonchev–Trinajstić information content (AvgIpc) is 2.44. The van der Waals surface area contributed by atoms with Crippen molar-refractivity contribution >= 4 is 0 Å². The Bertz CT molecular complexity index is 466. The predicted octanol–water partition coefficient (Wildman–Crippen LogP) is 1.06. The van der Waals surface area contributed by atoms with Gasteiger partial charge >= 0.3 is 0 Å². The molecule has 1 aliphatic carbocycles. The lowest BCUT2D eigenvalue weighted by Crippen LogP contribution is -2.48. The van der Waals surface area contributed by atoms with Crippen LogP contribution in [0.4, 0.5) is 0 Å². The molecule has 2 rings (SSSR count). The van der Waals surface area contributed by atoms with Crippen molar-refractivity contribution in [3.63, 3.8) is 0 Å². The Morgan fingerprint density at radius 3 is 3.00 bits per heavy atom. The van der Waals surface area contributed by atoms with Crippen LogP contribution in [0.2, 0.25) is 0 Å². The molecule has 1 aromatic carbocycles. The molecule has 0 saturated heterocycles. The van der Waals surface area contributed by atoms with E-state index in [4.69, 9.17) is 14.7 Å². The van der Waals surface area contributed by atoms with Gasteiger partial charge in [-0.3, -0.25) is 0 Å². The van der Waals surface area contributed by atoms with Gasteiger partial charge in [-0.25, -0.2) is 0 Å². The van der Waals surface area contributed by atoms with Crippen molar-refractivity contribution in [2.24, 2.45) is 0 Å². The van der Waals surface area contributed by atoms with Crippen LogP contribution in [0.3, 0.4) is 0 Å². The highest BCUT2D eigenvalue weighted by Gasteiger charge is 2.28. The number of aliphatic hydroxyl groups is 1. The van der Waals surface area contributed by atoms with Crippen LogP contribution >= 0.6 is 0 Å².